The summed E-state index contributed by atoms with van der Waals surface area (Å²) in [4.78, 5) is 54.1. The zero-order chi connectivity index (χ0) is 47.0. The molecule has 4 heterocycles. The third kappa shape index (κ3) is 13.4. The lowest BCUT2D eigenvalue weighted by Crippen LogP contribution is -2.32. The molecule has 3 amide bonds. The van der Waals surface area contributed by atoms with Crippen LogP contribution in [0.3, 0.4) is 0 Å². The number of thiophene rings is 1. The third-order valence-corrected chi connectivity index (χ3v) is 12.2. The lowest BCUT2D eigenvalue weighted by atomic mass is 9.99. The minimum absolute atomic E-state index is 0.0377. The van der Waals surface area contributed by atoms with Gasteiger partial charge in [0.25, 0.3) is 11.8 Å². The highest BCUT2D eigenvalue weighted by Gasteiger charge is 2.32. The Morgan fingerprint density at radius 3 is 2.45 bits per heavy atom. The highest BCUT2D eigenvalue weighted by molar-refractivity contribution is 9.10. The lowest BCUT2D eigenvalue weighted by Gasteiger charge is -2.19. The molecule has 66 heavy (non-hydrogen) atoms. The van der Waals surface area contributed by atoms with Gasteiger partial charge in [-0.25, -0.2) is 4.98 Å². The van der Waals surface area contributed by atoms with Crippen LogP contribution in [0.2, 0.25) is 5.02 Å². The minimum Gasteiger partial charge on any atom is -0.493 e. The van der Waals surface area contributed by atoms with E-state index < -0.39 is 11.9 Å². The van der Waals surface area contributed by atoms with Gasteiger partial charge in [0, 0.05) is 46.8 Å². The van der Waals surface area contributed by atoms with Crippen molar-refractivity contribution in [2.45, 2.75) is 65.5 Å². The molecule has 5 aromatic rings. The number of hydrogen-bond donors (Lipinski definition) is 3. The standard InChI is InChI=1S/C47H50BrClN10O6S/c1-5-8-38(56-46(62)34(27-50)25-36-9-6-10-40(48)54-36)32-13-17-37(18-14-32)64-22-7-19-53-65-28-42(61)52-21-24-63-23-20-51-41(60)26-39-45-58-57-31(4)59(45)47-43(29(2)30(3)66-47)44(55-39)33-11-15-35(49)16-12-33/h6,9-19,25,38-39H,5,7-8,20-24,26,28H2,1-4H3,(H,51,60)(H,52,61)(H,56,62)/b34-25+,53-19+/t38?,39-/m0/s1. The van der Waals surface area contributed by atoms with Gasteiger partial charge in [0.2, 0.25) is 5.91 Å². The van der Waals surface area contributed by atoms with Crippen LogP contribution in [0.4, 0.5) is 0 Å². The van der Waals surface area contributed by atoms with Gasteiger partial charge in [0.05, 0.1) is 43.7 Å². The number of carbonyl (C=O) groups is 3. The van der Waals surface area contributed by atoms with Crippen LogP contribution >= 0.6 is 38.9 Å². The van der Waals surface area contributed by atoms with Crippen molar-refractivity contribution in [1.82, 2.24) is 35.7 Å². The number of benzene rings is 2. The lowest BCUT2D eigenvalue weighted by molar-refractivity contribution is -0.125. The number of fused-ring (bicyclic) bond motifs is 3. The Morgan fingerprint density at radius 2 is 1.74 bits per heavy atom. The summed E-state index contributed by atoms with van der Waals surface area (Å²) < 4.78 is 14.0. The van der Waals surface area contributed by atoms with Crippen LogP contribution in [0.1, 0.15) is 89.2 Å². The maximum atomic E-state index is 13.2. The van der Waals surface area contributed by atoms with Gasteiger partial charge >= 0.3 is 0 Å². The van der Waals surface area contributed by atoms with Crippen molar-refractivity contribution in [3.8, 4) is 16.8 Å². The van der Waals surface area contributed by atoms with Crippen LogP contribution in [0, 0.1) is 32.1 Å². The number of oxime groups is 1. The van der Waals surface area contributed by atoms with E-state index in [-0.39, 0.29) is 62.8 Å². The molecule has 0 fully saturated rings. The van der Waals surface area contributed by atoms with E-state index in [0.717, 1.165) is 44.3 Å². The molecular formula is C47H50BrClN10O6S. The molecule has 6 rings (SSSR count). The molecule has 19 heteroatoms. The SMILES string of the molecule is CCCC(NC(=O)/C(C#N)=C/c1cccc(Br)n1)c1ccc(OCC/C=N/OCC(=O)NCCOCCNC(=O)C[C@@H]2N=C(c3ccc(Cl)cc3)c3c(sc(C)c3C)-n3c(C)nnc32)cc1. The third-order valence-electron chi connectivity index (χ3n) is 10.3. The number of amides is 3. The number of aryl methyl sites for hydroxylation is 2. The molecule has 344 valence electrons. The monoisotopic (exact) mass is 996 g/mol. The van der Waals surface area contributed by atoms with E-state index in [1.165, 1.54) is 12.3 Å². The molecule has 0 saturated heterocycles. The number of aromatic nitrogens is 4. The summed E-state index contributed by atoms with van der Waals surface area (Å²) in [6, 6.07) is 21.3. The maximum Gasteiger partial charge on any atom is 0.262 e. The Hall–Kier alpha value is -6.26. The number of aliphatic imine (C=N–C) groups is 1. The summed E-state index contributed by atoms with van der Waals surface area (Å²) in [7, 11) is 0. The fourth-order valence-corrected chi connectivity index (χ4v) is 8.63. The second kappa shape index (κ2) is 24.3. The molecule has 0 radical (unpaired) electrons. The molecule has 1 aliphatic heterocycles. The van der Waals surface area contributed by atoms with Gasteiger partial charge in [0.1, 0.15) is 38.9 Å². The van der Waals surface area contributed by atoms with Gasteiger partial charge in [-0.1, -0.05) is 60.4 Å². The molecule has 1 unspecified atom stereocenters. The molecular weight excluding hydrogens is 948 g/mol. The summed E-state index contributed by atoms with van der Waals surface area (Å²) in [6.45, 7) is 9.15. The molecule has 16 nitrogen and oxygen atoms in total. The molecule has 3 N–H and O–H groups in total. The van der Waals surface area contributed by atoms with Gasteiger partial charge in [-0.05, 0) is 96.7 Å². The van der Waals surface area contributed by atoms with E-state index in [1.54, 1.807) is 29.5 Å². The molecule has 2 aromatic carbocycles. The maximum absolute atomic E-state index is 13.2. The normalized spacial score (nSPS) is 13.7. The van der Waals surface area contributed by atoms with Crippen molar-refractivity contribution in [3.05, 3.63) is 126 Å². The van der Waals surface area contributed by atoms with E-state index in [9.17, 15) is 19.6 Å². The first-order chi connectivity index (χ1) is 31.9. The average Bonchev–Trinajstić information content (AvgIpc) is 3.79. The van der Waals surface area contributed by atoms with Crippen LogP contribution in [0.25, 0.3) is 11.1 Å². The number of hydrogen-bond acceptors (Lipinski definition) is 13. The Balaban J connectivity index is 0.852. The predicted molar refractivity (Wildman–Crippen MR) is 257 cm³/mol. The molecule has 2 atom stereocenters. The zero-order valence-electron chi connectivity index (χ0n) is 37.0. The van der Waals surface area contributed by atoms with Gasteiger partial charge < -0.3 is 30.3 Å². The Labute approximate surface area is 400 Å². The van der Waals surface area contributed by atoms with Crippen molar-refractivity contribution >= 4 is 74.6 Å². The quantitative estimate of drug-likeness (QED) is 0.0154. The van der Waals surface area contributed by atoms with Crippen LogP contribution in [-0.2, 0) is 24.0 Å². The topological polar surface area (TPSA) is 207 Å². The van der Waals surface area contributed by atoms with Crippen LogP contribution in [-0.4, -0.2) is 88.9 Å². The number of halogens is 2. The van der Waals surface area contributed by atoms with Crippen molar-refractivity contribution in [2.75, 3.05) is 39.5 Å². The number of pyridine rings is 1. The summed E-state index contributed by atoms with van der Waals surface area (Å²) in [5.74, 6) is 0.906. The second-order valence-corrected chi connectivity index (χ2v) is 17.5. The first-order valence-electron chi connectivity index (χ1n) is 21.3. The summed E-state index contributed by atoms with van der Waals surface area (Å²) in [5.41, 5.74) is 5.12. The van der Waals surface area contributed by atoms with Gasteiger partial charge in [-0.3, -0.25) is 23.9 Å². The summed E-state index contributed by atoms with van der Waals surface area (Å²) in [5, 5.41) is 32.5. The Morgan fingerprint density at radius 1 is 1.00 bits per heavy atom. The number of carbonyl (C=O) groups excluding carboxylic acids is 3. The van der Waals surface area contributed by atoms with E-state index in [1.807, 2.05) is 73.0 Å². The van der Waals surface area contributed by atoms with Gasteiger partial charge in [-0.15, -0.1) is 21.5 Å². The van der Waals surface area contributed by atoms with Crippen LogP contribution < -0.4 is 20.7 Å². The highest BCUT2D eigenvalue weighted by atomic mass is 79.9. The van der Waals surface area contributed by atoms with E-state index in [2.05, 4.69) is 66.1 Å². The van der Waals surface area contributed by atoms with Crippen molar-refractivity contribution < 1.29 is 28.7 Å². The number of ether oxygens (including phenoxy) is 2. The fourth-order valence-electron chi connectivity index (χ4n) is 6.93. The first-order valence-corrected chi connectivity index (χ1v) is 23.3. The number of nitrogens with one attached hydrogen (secondary N) is 3. The molecule has 0 aliphatic carbocycles. The summed E-state index contributed by atoms with van der Waals surface area (Å²) >= 11 is 11.2. The highest BCUT2D eigenvalue weighted by Crippen LogP contribution is 2.39. The molecule has 1 aliphatic rings. The first kappa shape index (κ1) is 49.2. The largest absolute Gasteiger partial charge is 0.493 e. The van der Waals surface area contributed by atoms with Crippen LogP contribution in [0.5, 0.6) is 5.75 Å². The fraction of sp³-hybridized carbons (Fsp3) is 0.340. The van der Waals surface area contributed by atoms with Crippen LogP contribution in [0.15, 0.2) is 87.1 Å². The van der Waals surface area contributed by atoms with Crippen molar-refractivity contribution in [2.24, 2.45) is 10.1 Å². The molecule has 0 bridgehead atoms. The summed E-state index contributed by atoms with van der Waals surface area (Å²) in [6.07, 6.45) is 4.97. The Kier molecular flexibility index (Phi) is 18.1. The number of nitriles is 1. The smallest absolute Gasteiger partial charge is 0.262 e. The number of rotatable bonds is 22. The molecule has 3 aromatic heterocycles. The zero-order valence-corrected chi connectivity index (χ0v) is 40.1. The predicted octanol–water partition coefficient (Wildman–Crippen LogP) is 7.63. The Bertz CT molecular complexity index is 2620. The minimum atomic E-state index is -0.581. The van der Waals surface area contributed by atoms with E-state index in [0.29, 0.717) is 52.2 Å². The average molecular weight is 998 g/mol. The number of nitrogens with zero attached hydrogens (tertiary/aromatic N) is 7. The van der Waals surface area contributed by atoms with Crippen molar-refractivity contribution in [1.29, 1.82) is 5.26 Å². The molecule has 0 spiro atoms. The van der Waals surface area contributed by atoms with Crippen molar-refractivity contribution in [3.63, 3.8) is 0 Å². The van der Waals surface area contributed by atoms with E-state index >= 15 is 0 Å². The van der Waals surface area contributed by atoms with E-state index in [4.69, 9.17) is 30.9 Å². The second-order valence-electron chi connectivity index (χ2n) is 15.1. The van der Waals surface area contributed by atoms with Gasteiger partial charge in [-0.2, -0.15) is 5.26 Å². The molecule has 0 saturated carbocycles. The van der Waals surface area contributed by atoms with Gasteiger partial charge in [0.15, 0.2) is 12.4 Å².